The molecule has 0 bridgehead atoms. The molecule has 0 saturated carbocycles. The van der Waals surface area contributed by atoms with Gasteiger partial charge in [0.25, 0.3) is 0 Å². The zero-order chi connectivity index (χ0) is 20.5. The summed E-state index contributed by atoms with van der Waals surface area (Å²) < 4.78 is 39.1. The summed E-state index contributed by atoms with van der Waals surface area (Å²) in [5.41, 5.74) is 0.516. The highest BCUT2D eigenvalue weighted by atomic mass is 19.4. The highest BCUT2D eigenvalue weighted by Gasteiger charge is 2.36. The molecule has 1 amide bonds. The Morgan fingerprint density at radius 1 is 1.18 bits per heavy atom. The van der Waals surface area contributed by atoms with Crippen LogP contribution in [-0.4, -0.2) is 10.9 Å². The van der Waals surface area contributed by atoms with E-state index in [0.29, 0.717) is 5.56 Å². The van der Waals surface area contributed by atoms with Crippen LogP contribution in [0.25, 0.3) is 0 Å². The molecule has 28 heavy (non-hydrogen) atoms. The van der Waals surface area contributed by atoms with Crippen LogP contribution in [0, 0.1) is 22.7 Å². The summed E-state index contributed by atoms with van der Waals surface area (Å²) in [6.07, 6.45) is -3.20. The Kier molecular flexibility index (Phi) is 4.89. The van der Waals surface area contributed by atoms with Crippen molar-refractivity contribution in [3.05, 3.63) is 70.7 Å². The van der Waals surface area contributed by atoms with Crippen molar-refractivity contribution in [2.45, 2.75) is 25.4 Å². The van der Waals surface area contributed by atoms with Crippen LogP contribution in [0.3, 0.4) is 0 Å². The second-order valence-electron chi connectivity index (χ2n) is 6.23. The number of anilines is 1. The largest absolute Gasteiger partial charge is 0.416 e. The van der Waals surface area contributed by atoms with Gasteiger partial charge in [-0.25, -0.2) is 4.98 Å². The van der Waals surface area contributed by atoms with Crippen molar-refractivity contribution in [3.63, 3.8) is 0 Å². The van der Waals surface area contributed by atoms with E-state index >= 15 is 0 Å². The third kappa shape index (κ3) is 3.45. The fourth-order valence-corrected chi connectivity index (χ4v) is 3.21. The number of nitriles is 2. The van der Waals surface area contributed by atoms with Gasteiger partial charge < -0.3 is 0 Å². The van der Waals surface area contributed by atoms with Crippen LogP contribution in [0.4, 0.5) is 18.9 Å². The highest BCUT2D eigenvalue weighted by molar-refractivity contribution is 5.99. The summed E-state index contributed by atoms with van der Waals surface area (Å²) in [6.45, 7) is 1.53. The molecule has 0 N–H and O–H groups in total. The molecular formula is C20H13F3N4O. The van der Waals surface area contributed by atoms with Crippen molar-refractivity contribution in [3.8, 4) is 12.1 Å². The van der Waals surface area contributed by atoms with Gasteiger partial charge in [0.2, 0.25) is 5.91 Å². The van der Waals surface area contributed by atoms with Gasteiger partial charge in [-0.3, -0.25) is 9.69 Å². The normalized spacial score (nSPS) is 17.3. The number of carbonyl (C=O) groups is 1. The Hall–Kier alpha value is -3.65. The quantitative estimate of drug-likeness (QED) is 0.776. The molecule has 2 heterocycles. The highest BCUT2D eigenvalue weighted by Crippen LogP contribution is 2.39. The SMILES string of the molecule is CC1=C(C#N)C(c2ccc(C#N)nc2)CC(=O)N1c1cccc(C(F)(F)F)c1. The summed E-state index contributed by atoms with van der Waals surface area (Å²) in [7, 11) is 0. The van der Waals surface area contributed by atoms with Crippen molar-refractivity contribution in [2.24, 2.45) is 0 Å². The lowest BCUT2D eigenvalue weighted by Crippen LogP contribution is -2.36. The Bertz CT molecular complexity index is 1040. The first-order valence-corrected chi connectivity index (χ1v) is 8.23. The topological polar surface area (TPSA) is 80.8 Å². The number of hydrogen-bond donors (Lipinski definition) is 0. The van der Waals surface area contributed by atoms with E-state index in [1.54, 1.807) is 6.07 Å². The van der Waals surface area contributed by atoms with Gasteiger partial charge in [-0.05, 0) is 36.8 Å². The number of amides is 1. The lowest BCUT2D eigenvalue weighted by Gasteiger charge is -2.33. The lowest BCUT2D eigenvalue weighted by atomic mass is 9.85. The smallest absolute Gasteiger partial charge is 0.284 e. The maximum Gasteiger partial charge on any atom is 0.416 e. The van der Waals surface area contributed by atoms with E-state index in [-0.39, 0.29) is 29.1 Å². The number of allylic oxidation sites excluding steroid dienone is 2. The third-order valence-electron chi connectivity index (χ3n) is 4.56. The van der Waals surface area contributed by atoms with Crippen LogP contribution in [-0.2, 0) is 11.0 Å². The number of benzene rings is 1. The molecule has 0 radical (unpaired) electrons. The van der Waals surface area contributed by atoms with E-state index in [1.807, 2.05) is 6.07 Å². The second kappa shape index (κ2) is 7.16. The molecule has 8 heteroatoms. The Labute approximate surface area is 159 Å². The summed E-state index contributed by atoms with van der Waals surface area (Å²) in [4.78, 5) is 17.9. The molecule has 0 spiro atoms. The van der Waals surface area contributed by atoms with E-state index in [4.69, 9.17) is 5.26 Å². The first kappa shape index (κ1) is 19.1. The molecule has 0 aliphatic carbocycles. The average Bonchev–Trinajstić information content (AvgIpc) is 2.67. The standard InChI is InChI=1S/C20H13F3N4O/c1-12-18(10-25)17(13-5-6-15(9-24)26-11-13)8-19(28)27(12)16-4-2-3-14(7-16)20(21,22)23/h2-7,11,17H,8H2,1H3. The molecule has 1 aliphatic rings. The van der Waals surface area contributed by atoms with E-state index < -0.39 is 23.6 Å². The maximum atomic E-state index is 13.0. The average molecular weight is 382 g/mol. The fourth-order valence-electron chi connectivity index (χ4n) is 3.21. The number of pyridine rings is 1. The first-order valence-electron chi connectivity index (χ1n) is 8.23. The molecule has 0 saturated heterocycles. The molecular weight excluding hydrogens is 369 g/mol. The van der Waals surface area contributed by atoms with Crippen LogP contribution in [0.5, 0.6) is 0 Å². The van der Waals surface area contributed by atoms with E-state index in [1.165, 1.54) is 31.3 Å². The molecule has 5 nitrogen and oxygen atoms in total. The molecule has 1 aromatic heterocycles. The first-order chi connectivity index (χ1) is 13.3. The van der Waals surface area contributed by atoms with Gasteiger partial charge >= 0.3 is 6.18 Å². The van der Waals surface area contributed by atoms with Gasteiger partial charge in [0, 0.05) is 29.9 Å². The summed E-state index contributed by atoms with van der Waals surface area (Å²) in [5, 5.41) is 18.5. The predicted octanol–water partition coefficient (Wildman–Crippen LogP) is 4.29. The van der Waals surface area contributed by atoms with Crippen molar-refractivity contribution >= 4 is 11.6 Å². The van der Waals surface area contributed by atoms with Gasteiger partial charge in [-0.15, -0.1) is 0 Å². The van der Waals surface area contributed by atoms with Gasteiger partial charge in [0.05, 0.1) is 17.2 Å². The van der Waals surface area contributed by atoms with Gasteiger partial charge in [0.1, 0.15) is 11.8 Å². The summed E-state index contributed by atoms with van der Waals surface area (Å²) in [6, 6.07) is 11.5. The number of hydrogen-bond acceptors (Lipinski definition) is 4. The Morgan fingerprint density at radius 3 is 2.50 bits per heavy atom. The molecule has 140 valence electrons. The van der Waals surface area contributed by atoms with Crippen LogP contribution < -0.4 is 4.90 Å². The minimum Gasteiger partial charge on any atom is -0.284 e. The Morgan fingerprint density at radius 2 is 1.93 bits per heavy atom. The van der Waals surface area contributed by atoms with Crippen molar-refractivity contribution in [1.29, 1.82) is 10.5 Å². The zero-order valence-corrected chi connectivity index (χ0v) is 14.7. The van der Waals surface area contributed by atoms with E-state index in [2.05, 4.69) is 11.1 Å². The van der Waals surface area contributed by atoms with Crippen molar-refractivity contribution in [1.82, 2.24) is 4.98 Å². The van der Waals surface area contributed by atoms with Gasteiger partial charge in [-0.1, -0.05) is 12.1 Å². The fraction of sp³-hybridized carbons (Fsp3) is 0.200. The molecule has 0 fully saturated rings. The number of alkyl halides is 3. The minimum absolute atomic E-state index is 0.0569. The molecule has 1 unspecified atom stereocenters. The number of rotatable bonds is 2. The number of aromatic nitrogens is 1. The van der Waals surface area contributed by atoms with Crippen LogP contribution in [0.1, 0.15) is 36.1 Å². The van der Waals surface area contributed by atoms with E-state index in [9.17, 15) is 23.2 Å². The molecule has 2 aromatic rings. The van der Waals surface area contributed by atoms with E-state index in [0.717, 1.165) is 17.0 Å². The lowest BCUT2D eigenvalue weighted by molar-refractivity contribution is -0.137. The van der Waals surface area contributed by atoms with Crippen molar-refractivity contribution < 1.29 is 18.0 Å². The van der Waals surface area contributed by atoms with Gasteiger partial charge in [0.15, 0.2) is 0 Å². The molecule has 1 aromatic carbocycles. The van der Waals surface area contributed by atoms with Crippen molar-refractivity contribution in [2.75, 3.05) is 4.90 Å². The Balaban J connectivity index is 2.06. The van der Waals surface area contributed by atoms with Gasteiger partial charge in [-0.2, -0.15) is 23.7 Å². The molecule has 3 rings (SSSR count). The number of carbonyl (C=O) groups excluding carboxylic acids is 1. The van der Waals surface area contributed by atoms with Crippen LogP contribution in [0.15, 0.2) is 53.9 Å². The number of nitrogens with zero attached hydrogens (tertiary/aromatic N) is 4. The minimum atomic E-state index is -4.54. The number of halogens is 3. The summed E-state index contributed by atoms with van der Waals surface area (Å²) in [5.74, 6) is -0.995. The zero-order valence-electron chi connectivity index (χ0n) is 14.7. The second-order valence-corrected chi connectivity index (χ2v) is 6.23. The molecule has 1 atom stereocenters. The summed E-state index contributed by atoms with van der Waals surface area (Å²) >= 11 is 0. The van der Waals surface area contributed by atoms with Crippen LogP contribution >= 0.6 is 0 Å². The predicted molar refractivity (Wildman–Crippen MR) is 93.6 cm³/mol. The maximum absolute atomic E-state index is 13.0. The third-order valence-corrected chi connectivity index (χ3v) is 4.56. The molecule has 1 aliphatic heterocycles. The van der Waals surface area contributed by atoms with Crippen LogP contribution in [0.2, 0.25) is 0 Å². The monoisotopic (exact) mass is 382 g/mol.